The van der Waals surface area contributed by atoms with Gasteiger partial charge in [-0.15, -0.1) is 11.3 Å². The number of carbonyl (C=O) groups excluding carboxylic acids is 3. The van der Waals surface area contributed by atoms with Crippen LogP contribution in [0.3, 0.4) is 0 Å². The third-order valence-electron chi connectivity index (χ3n) is 5.06. The Labute approximate surface area is 145 Å². The SMILES string of the molecule is CN1C(=O)N(CC(=O)NCCc2cccs2)C(=O)C12CCCCC2. The summed E-state index contributed by atoms with van der Waals surface area (Å²) in [5, 5.41) is 4.80. The van der Waals surface area contributed by atoms with Gasteiger partial charge in [0.15, 0.2) is 0 Å². The van der Waals surface area contributed by atoms with Gasteiger partial charge in [0.2, 0.25) is 5.91 Å². The van der Waals surface area contributed by atoms with Gasteiger partial charge in [0, 0.05) is 18.5 Å². The smallest absolute Gasteiger partial charge is 0.327 e. The summed E-state index contributed by atoms with van der Waals surface area (Å²) in [6.45, 7) is 0.324. The predicted molar refractivity (Wildman–Crippen MR) is 91.7 cm³/mol. The zero-order valence-electron chi connectivity index (χ0n) is 13.9. The van der Waals surface area contributed by atoms with Crippen molar-refractivity contribution in [3.63, 3.8) is 0 Å². The number of hydrogen-bond donors (Lipinski definition) is 1. The van der Waals surface area contributed by atoms with Crippen molar-refractivity contribution in [2.45, 2.75) is 44.1 Å². The van der Waals surface area contributed by atoms with Crippen LogP contribution in [0.15, 0.2) is 17.5 Å². The Kier molecular flexibility index (Phi) is 4.89. The van der Waals surface area contributed by atoms with Crippen molar-refractivity contribution >= 4 is 29.2 Å². The minimum absolute atomic E-state index is 0.186. The summed E-state index contributed by atoms with van der Waals surface area (Å²) in [6.07, 6.45) is 5.15. The van der Waals surface area contributed by atoms with Gasteiger partial charge in [0.1, 0.15) is 12.1 Å². The fourth-order valence-corrected chi connectivity index (χ4v) is 4.36. The Balaban J connectivity index is 1.57. The molecule has 6 nitrogen and oxygen atoms in total. The first-order chi connectivity index (χ1) is 11.5. The van der Waals surface area contributed by atoms with Crippen molar-refractivity contribution in [3.8, 4) is 0 Å². The van der Waals surface area contributed by atoms with Crippen molar-refractivity contribution in [1.82, 2.24) is 15.1 Å². The van der Waals surface area contributed by atoms with Gasteiger partial charge in [-0.25, -0.2) is 4.79 Å². The molecule has 2 aliphatic rings. The van der Waals surface area contributed by atoms with E-state index in [0.29, 0.717) is 19.4 Å². The Hall–Kier alpha value is -1.89. The van der Waals surface area contributed by atoms with E-state index in [-0.39, 0.29) is 24.4 Å². The molecule has 24 heavy (non-hydrogen) atoms. The first-order valence-corrected chi connectivity index (χ1v) is 9.31. The Morgan fingerprint density at radius 2 is 2.04 bits per heavy atom. The molecule has 1 aliphatic heterocycles. The summed E-state index contributed by atoms with van der Waals surface area (Å²) >= 11 is 1.65. The molecule has 1 saturated heterocycles. The molecule has 2 heterocycles. The lowest BCUT2D eigenvalue weighted by atomic mass is 9.81. The van der Waals surface area contributed by atoms with Crippen LogP contribution in [0.5, 0.6) is 0 Å². The van der Waals surface area contributed by atoms with E-state index in [9.17, 15) is 14.4 Å². The van der Waals surface area contributed by atoms with E-state index in [2.05, 4.69) is 5.32 Å². The highest BCUT2D eigenvalue weighted by Crippen LogP contribution is 2.39. The van der Waals surface area contributed by atoms with Crippen LogP contribution < -0.4 is 5.32 Å². The highest BCUT2D eigenvalue weighted by atomic mass is 32.1. The van der Waals surface area contributed by atoms with Crippen LogP contribution in [0.1, 0.15) is 37.0 Å². The number of nitrogens with one attached hydrogen (secondary N) is 1. The summed E-state index contributed by atoms with van der Waals surface area (Å²) in [5.41, 5.74) is -0.716. The Morgan fingerprint density at radius 3 is 2.71 bits per heavy atom. The topological polar surface area (TPSA) is 69.7 Å². The maximum absolute atomic E-state index is 12.8. The zero-order chi connectivity index (χ0) is 17.2. The van der Waals surface area contributed by atoms with Crippen LogP contribution in [-0.2, 0) is 16.0 Å². The molecule has 0 unspecified atom stereocenters. The van der Waals surface area contributed by atoms with Crippen LogP contribution in [0, 0.1) is 0 Å². The van der Waals surface area contributed by atoms with E-state index < -0.39 is 5.54 Å². The largest absolute Gasteiger partial charge is 0.354 e. The molecule has 0 aromatic carbocycles. The van der Waals surface area contributed by atoms with Gasteiger partial charge in [-0.3, -0.25) is 14.5 Å². The van der Waals surface area contributed by atoms with Crippen molar-refractivity contribution in [3.05, 3.63) is 22.4 Å². The average Bonchev–Trinajstić information content (AvgIpc) is 3.16. The van der Waals surface area contributed by atoms with Gasteiger partial charge in [0.25, 0.3) is 5.91 Å². The lowest BCUT2D eigenvalue weighted by Crippen LogP contribution is -2.49. The van der Waals surface area contributed by atoms with E-state index in [4.69, 9.17) is 0 Å². The highest BCUT2D eigenvalue weighted by molar-refractivity contribution is 7.09. The summed E-state index contributed by atoms with van der Waals surface area (Å²) in [4.78, 5) is 41.2. The van der Waals surface area contributed by atoms with Crippen LogP contribution >= 0.6 is 11.3 Å². The number of thiophene rings is 1. The van der Waals surface area contributed by atoms with Gasteiger partial charge in [0.05, 0.1) is 0 Å². The summed E-state index contributed by atoms with van der Waals surface area (Å²) in [5.74, 6) is -0.488. The van der Waals surface area contributed by atoms with E-state index in [1.807, 2.05) is 17.5 Å². The molecule has 0 bridgehead atoms. The molecule has 2 fully saturated rings. The fourth-order valence-electron chi connectivity index (χ4n) is 3.65. The molecular formula is C17H23N3O3S. The number of likely N-dealkylation sites (N-methyl/N-ethyl adjacent to an activating group) is 1. The molecule has 1 saturated carbocycles. The van der Waals surface area contributed by atoms with Crippen molar-refractivity contribution in [1.29, 1.82) is 0 Å². The molecule has 4 amide bonds. The van der Waals surface area contributed by atoms with Crippen LogP contribution in [0.4, 0.5) is 4.79 Å². The third kappa shape index (κ3) is 3.05. The summed E-state index contributed by atoms with van der Waals surface area (Å²) in [6, 6.07) is 3.64. The first kappa shape index (κ1) is 17.0. The molecule has 7 heteroatoms. The van der Waals surface area contributed by atoms with Crippen LogP contribution in [0.2, 0.25) is 0 Å². The lowest BCUT2D eigenvalue weighted by Gasteiger charge is -2.35. The highest BCUT2D eigenvalue weighted by Gasteiger charge is 2.55. The number of urea groups is 1. The molecular weight excluding hydrogens is 326 g/mol. The van der Waals surface area contributed by atoms with Gasteiger partial charge in [-0.2, -0.15) is 0 Å². The maximum atomic E-state index is 12.8. The van der Waals surface area contributed by atoms with Crippen molar-refractivity contribution in [2.24, 2.45) is 0 Å². The van der Waals surface area contributed by atoms with Gasteiger partial charge < -0.3 is 10.2 Å². The quantitative estimate of drug-likeness (QED) is 0.827. The number of nitrogens with zero attached hydrogens (tertiary/aromatic N) is 2. The van der Waals surface area contributed by atoms with E-state index in [0.717, 1.165) is 30.6 Å². The maximum Gasteiger partial charge on any atom is 0.327 e. The minimum Gasteiger partial charge on any atom is -0.354 e. The zero-order valence-corrected chi connectivity index (χ0v) is 14.7. The molecule has 1 N–H and O–H groups in total. The fraction of sp³-hybridized carbons (Fsp3) is 0.588. The van der Waals surface area contributed by atoms with Gasteiger partial charge >= 0.3 is 6.03 Å². The average molecular weight is 349 g/mol. The number of carbonyl (C=O) groups is 3. The van der Waals surface area contributed by atoms with Gasteiger partial charge in [-0.05, 0) is 30.7 Å². The van der Waals surface area contributed by atoms with E-state index in [1.54, 1.807) is 23.3 Å². The molecule has 0 radical (unpaired) electrons. The first-order valence-electron chi connectivity index (χ1n) is 8.43. The van der Waals surface area contributed by atoms with Gasteiger partial charge in [-0.1, -0.05) is 25.3 Å². The van der Waals surface area contributed by atoms with Crippen molar-refractivity contribution < 1.29 is 14.4 Å². The standard InChI is InChI=1S/C17H23N3O3S/c1-19-16(23)20(15(22)17(19)8-3-2-4-9-17)12-14(21)18-10-7-13-6-5-11-24-13/h5-6,11H,2-4,7-10,12H2,1H3,(H,18,21). The summed E-state index contributed by atoms with van der Waals surface area (Å²) < 4.78 is 0. The number of amides is 4. The molecule has 1 spiro atoms. The predicted octanol–water partition coefficient (Wildman–Crippen LogP) is 2.00. The van der Waals surface area contributed by atoms with Crippen LogP contribution in [0.25, 0.3) is 0 Å². The van der Waals surface area contributed by atoms with E-state index >= 15 is 0 Å². The monoisotopic (exact) mass is 349 g/mol. The second-order valence-corrected chi connectivity index (χ2v) is 7.54. The number of rotatable bonds is 5. The molecule has 1 aliphatic carbocycles. The number of hydrogen-bond acceptors (Lipinski definition) is 4. The van der Waals surface area contributed by atoms with Crippen molar-refractivity contribution in [2.75, 3.05) is 20.1 Å². The summed E-state index contributed by atoms with van der Waals surface area (Å²) in [7, 11) is 1.68. The minimum atomic E-state index is -0.716. The normalized spacial score (nSPS) is 20.0. The second kappa shape index (κ2) is 6.93. The molecule has 1 aromatic rings. The van der Waals surface area contributed by atoms with Crippen LogP contribution in [-0.4, -0.2) is 53.3 Å². The third-order valence-corrected chi connectivity index (χ3v) is 6.00. The Morgan fingerprint density at radius 1 is 1.29 bits per heavy atom. The molecule has 130 valence electrons. The number of imide groups is 1. The molecule has 1 aromatic heterocycles. The Bertz CT molecular complexity index is 623. The second-order valence-electron chi connectivity index (χ2n) is 6.50. The molecule has 0 atom stereocenters. The molecule has 3 rings (SSSR count). The lowest BCUT2D eigenvalue weighted by molar-refractivity contribution is -0.137. The van der Waals surface area contributed by atoms with E-state index in [1.165, 1.54) is 4.88 Å².